The van der Waals surface area contributed by atoms with Gasteiger partial charge in [-0.25, -0.2) is 0 Å². The number of benzene rings is 1. The van der Waals surface area contributed by atoms with Crippen LogP contribution in [0.25, 0.3) is 0 Å². The number of rotatable bonds is 3. The molecule has 20 heavy (non-hydrogen) atoms. The zero-order valence-corrected chi connectivity index (χ0v) is 11.5. The molecule has 8 heteroatoms. The summed E-state index contributed by atoms with van der Waals surface area (Å²) in [4.78, 5) is 0. The average Bonchev–Trinajstić information content (AvgIpc) is 2.89. The maximum absolute atomic E-state index is 5.55. The van der Waals surface area contributed by atoms with Crippen LogP contribution in [0.15, 0.2) is 23.6 Å². The lowest BCUT2D eigenvalue weighted by atomic mass is 10.2. The number of hydrogen-bond donors (Lipinski definition) is 1. The molecule has 1 aliphatic rings. The second kappa shape index (κ2) is 5.33. The Balaban J connectivity index is 1.96. The van der Waals surface area contributed by atoms with Crippen LogP contribution >= 0.6 is 12.2 Å². The molecule has 0 saturated heterocycles. The molecule has 0 bridgehead atoms. The van der Waals surface area contributed by atoms with Crippen LogP contribution in [-0.2, 0) is 0 Å². The third-order valence-corrected chi connectivity index (χ3v) is 3.00. The van der Waals surface area contributed by atoms with Crippen molar-refractivity contribution in [2.24, 2.45) is 5.10 Å². The van der Waals surface area contributed by atoms with Crippen molar-refractivity contribution in [2.45, 2.75) is 0 Å². The van der Waals surface area contributed by atoms with Gasteiger partial charge in [0.15, 0.2) is 11.5 Å². The summed E-state index contributed by atoms with van der Waals surface area (Å²) in [5.74, 6) is 1.88. The predicted octanol–water partition coefficient (Wildman–Crippen LogP) is 1.60. The molecular weight excluding hydrogens is 280 g/mol. The van der Waals surface area contributed by atoms with Gasteiger partial charge in [-0.1, -0.05) is 0 Å². The van der Waals surface area contributed by atoms with E-state index in [4.69, 9.17) is 26.4 Å². The van der Waals surface area contributed by atoms with Crippen molar-refractivity contribution < 1.29 is 14.2 Å². The van der Waals surface area contributed by atoms with E-state index in [9.17, 15) is 0 Å². The van der Waals surface area contributed by atoms with Crippen LogP contribution in [0.1, 0.15) is 5.56 Å². The summed E-state index contributed by atoms with van der Waals surface area (Å²) < 4.78 is 18.3. The van der Waals surface area contributed by atoms with Crippen LogP contribution in [0.2, 0.25) is 0 Å². The molecule has 3 rings (SSSR count). The molecule has 0 saturated carbocycles. The number of fused-ring (bicyclic) bond motifs is 1. The van der Waals surface area contributed by atoms with Gasteiger partial charge in [-0.05, 0) is 24.4 Å². The molecule has 2 aromatic rings. The molecule has 0 aliphatic carbocycles. The number of nitrogens with one attached hydrogen (secondary N) is 1. The van der Waals surface area contributed by atoms with Gasteiger partial charge < -0.3 is 14.2 Å². The van der Waals surface area contributed by atoms with Crippen LogP contribution in [0.3, 0.4) is 0 Å². The van der Waals surface area contributed by atoms with E-state index in [1.54, 1.807) is 13.3 Å². The molecule has 0 spiro atoms. The highest BCUT2D eigenvalue weighted by atomic mass is 32.1. The third kappa shape index (κ3) is 2.37. The highest BCUT2D eigenvalue weighted by Crippen LogP contribution is 2.39. The summed E-state index contributed by atoms with van der Waals surface area (Å²) in [5, 5.41) is 10.6. The van der Waals surface area contributed by atoms with E-state index >= 15 is 0 Å². The number of aromatic nitrogens is 3. The molecule has 104 valence electrons. The van der Waals surface area contributed by atoms with Crippen LogP contribution in [0.4, 0.5) is 0 Å². The van der Waals surface area contributed by atoms with Crippen molar-refractivity contribution >= 4 is 18.4 Å². The molecule has 0 amide bonds. The zero-order chi connectivity index (χ0) is 13.9. The fraction of sp³-hybridized carbons (Fsp3) is 0.250. The van der Waals surface area contributed by atoms with Gasteiger partial charge in [0.2, 0.25) is 10.5 Å². The van der Waals surface area contributed by atoms with E-state index in [2.05, 4.69) is 15.3 Å². The Hall–Kier alpha value is -2.35. The number of aromatic amines is 1. The molecular formula is C12H12N4O3S. The van der Waals surface area contributed by atoms with E-state index in [-0.39, 0.29) is 0 Å². The molecule has 1 N–H and O–H groups in total. The zero-order valence-electron chi connectivity index (χ0n) is 10.7. The van der Waals surface area contributed by atoms with E-state index in [1.807, 2.05) is 12.1 Å². The Morgan fingerprint density at radius 1 is 1.45 bits per heavy atom. The highest BCUT2D eigenvalue weighted by Gasteiger charge is 2.17. The topological polar surface area (TPSA) is 73.7 Å². The number of methoxy groups -OCH3 is 1. The first-order valence-corrected chi connectivity index (χ1v) is 6.33. The van der Waals surface area contributed by atoms with Gasteiger partial charge in [0, 0.05) is 5.56 Å². The summed E-state index contributed by atoms with van der Waals surface area (Å²) in [6.07, 6.45) is 3.14. The SMILES string of the molecule is COc1cc(/C=N\n2cn[nH]c2=S)cc2c1OCCO2. The molecule has 7 nitrogen and oxygen atoms in total. The van der Waals surface area contributed by atoms with Gasteiger partial charge in [-0.2, -0.15) is 14.9 Å². The van der Waals surface area contributed by atoms with Crippen LogP contribution in [0.5, 0.6) is 17.2 Å². The average molecular weight is 292 g/mol. The molecule has 1 aromatic carbocycles. The number of nitrogens with zero attached hydrogens (tertiary/aromatic N) is 3. The van der Waals surface area contributed by atoms with Gasteiger partial charge >= 0.3 is 0 Å². The number of ether oxygens (including phenoxy) is 3. The van der Waals surface area contributed by atoms with Crippen molar-refractivity contribution in [3.63, 3.8) is 0 Å². The second-order valence-electron chi connectivity index (χ2n) is 4.00. The van der Waals surface area contributed by atoms with Crippen molar-refractivity contribution in [1.29, 1.82) is 0 Å². The second-order valence-corrected chi connectivity index (χ2v) is 4.38. The fourth-order valence-electron chi connectivity index (χ4n) is 1.82. The van der Waals surface area contributed by atoms with Gasteiger partial charge in [0.1, 0.15) is 19.5 Å². The summed E-state index contributed by atoms with van der Waals surface area (Å²) >= 11 is 5.01. The minimum Gasteiger partial charge on any atom is -0.493 e. The molecule has 1 aliphatic heterocycles. The first-order valence-electron chi connectivity index (χ1n) is 5.92. The summed E-state index contributed by atoms with van der Waals surface area (Å²) in [6, 6.07) is 3.66. The van der Waals surface area contributed by atoms with Crippen molar-refractivity contribution in [3.05, 3.63) is 28.8 Å². The summed E-state index contributed by atoms with van der Waals surface area (Å²) in [7, 11) is 1.58. The van der Waals surface area contributed by atoms with Crippen LogP contribution in [-0.4, -0.2) is 41.4 Å². The van der Waals surface area contributed by atoms with Gasteiger partial charge in [-0.15, -0.1) is 0 Å². The van der Waals surface area contributed by atoms with E-state index in [1.165, 1.54) is 11.0 Å². The third-order valence-electron chi connectivity index (χ3n) is 2.72. The van der Waals surface area contributed by atoms with Gasteiger partial charge in [0.05, 0.1) is 13.3 Å². The van der Waals surface area contributed by atoms with Crippen molar-refractivity contribution in [3.8, 4) is 17.2 Å². The minimum absolute atomic E-state index is 0.422. The van der Waals surface area contributed by atoms with Gasteiger partial charge in [0.25, 0.3) is 0 Å². The van der Waals surface area contributed by atoms with Crippen molar-refractivity contribution in [2.75, 3.05) is 20.3 Å². The quantitative estimate of drug-likeness (QED) is 0.687. The molecule has 1 aromatic heterocycles. The number of hydrogen-bond acceptors (Lipinski definition) is 6. The Bertz CT molecular complexity index is 690. The maximum atomic E-state index is 5.55. The van der Waals surface area contributed by atoms with E-state index < -0.39 is 0 Å². The highest BCUT2D eigenvalue weighted by molar-refractivity contribution is 7.71. The standard InChI is InChI=1S/C12H12N4O3S/c1-17-9-4-8(5-10-11(9)19-3-2-18-10)6-14-16-7-13-15-12(16)20/h4-7H,2-3H2,1H3,(H,15,20)/b14-6-. The van der Waals surface area contributed by atoms with Crippen LogP contribution < -0.4 is 14.2 Å². The first kappa shape index (κ1) is 12.7. The first-order chi connectivity index (χ1) is 9.78. The molecule has 0 atom stereocenters. The lowest BCUT2D eigenvalue weighted by Crippen LogP contribution is -2.16. The molecule has 0 unspecified atom stereocenters. The Morgan fingerprint density at radius 3 is 3.05 bits per heavy atom. The summed E-state index contributed by atoms with van der Waals surface area (Å²) in [6.45, 7) is 1.03. The molecule has 2 heterocycles. The number of H-pyrrole nitrogens is 1. The van der Waals surface area contributed by atoms with Crippen molar-refractivity contribution in [1.82, 2.24) is 14.9 Å². The largest absolute Gasteiger partial charge is 0.493 e. The lowest BCUT2D eigenvalue weighted by molar-refractivity contribution is 0.165. The Morgan fingerprint density at radius 2 is 2.30 bits per heavy atom. The summed E-state index contributed by atoms with van der Waals surface area (Å²) in [5.41, 5.74) is 0.814. The van der Waals surface area contributed by atoms with Crippen LogP contribution in [0, 0.1) is 4.77 Å². The minimum atomic E-state index is 0.422. The van der Waals surface area contributed by atoms with E-state index in [0.29, 0.717) is 35.2 Å². The fourth-order valence-corrected chi connectivity index (χ4v) is 1.97. The molecule has 0 radical (unpaired) electrons. The Labute approximate surface area is 119 Å². The van der Waals surface area contributed by atoms with E-state index in [0.717, 1.165) is 5.56 Å². The predicted molar refractivity (Wildman–Crippen MR) is 74.4 cm³/mol. The lowest BCUT2D eigenvalue weighted by Gasteiger charge is -2.20. The van der Waals surface area contributed by atoms with Gasteiger partial charge in [-0.3, -0.25) is 5.10 Å². The normalized spacial score (nSPS) is 13.7. The monoisotopic (exact) mass is 292 g/mol. The Kier molecular flexibility index (Phi) is 3.38. The molecule has 0 fully saturated rings. The maximum Gasteiger partial charge on any atom is 0.216 e. The smallest absolute Gasteiger partial charge is 0.216 e.